The molecule has 1 aromatic carbocycles. The van der Waals surface area contributed by atoms with E-state index < -0.39 is 27.3 Å². The van der Waals surface area contributed by atoms with Crippen LogP contribution in [0.15, 0.2) is 32.9 Å². The number of hydrogen-bond donors (Lipinski definition) is 2. The molecule has 1 aromatic heterocycles. The van der Waals surface area contributed by atoms with Crippen LogP contribution in [0.3, 0.4) is 0 Å². The smallest absolute Gasteiger partial charge is 0.271 e. The molecule has 0 saturated heterocycles. The monoisotopic (exact) mass is 396 g/mol. The fourth-order valence-electron chi connectivity index (χ4n) is 1.58. The first-order valence-electron chi connectivity index (χ1n) is 5.79. The number of nitrogens with two attached hydrogens (primary N) is 1. The summed E-state index contributed by atoms with van der Waals surface area (Å²) >= 11 is 3.86. The molecule has 0 aliphatic heterocycles. The van der Waals surface area contributed by atoms with Crippen LogP contribution in [0, 0.1) is 11.6 Å². The van der Waals surface area contributed by atoms with Gasteiger partial charge in [0, 0.05) is 10.9 Å². The fourth-order valence-corrected chi connectivity index (χ4v) is 4.32. The first-order chi connectivity index (χ1) is 9.83. The summed E-state index contributed by atoms with van der Waals surface area (Å²) in [4.78, 5) is 0.806. The van der Waals surface area contributed by atoms with Crippen molar-refractivity contribution in [1.82, 2.24) is 0 Å². The lowest BCUT2D eigenvalue weighted by molar-refractivity contribution is 0.592. The molecule has 0 saturated carbocycles. The van der Waals surface area contributed by atoms with Crippen LogP contribution in [0.25, 0.3) is 0 Å². The van der Waals surface area contributed by atoms with Crippen LogP contribution in [0.4, 0.5) is 14.5 Å². The van der Waals surface area contributed by atoms with Crippen molar-refractivity contribution in [3.8, 4) is 0 Å². The van der Waals surface area contributed by atoms with E-state index in [4.69, 9.17) is 5.73 Å². The lowest BCUT2D eigenvalue weighted by Gasteiger charge is -2.08. The normalized spacial score (nSPS) is 11.6. The molecular formula is C12H11BrF2N2O2S2. The maximum Gasteiger partial charge on any atom is 0.271 e. The molecule has 0 spiro atoms. The predicted octanol–water partition coefficient (Wildman–Crippen LogP) is 3.09. The van der Waals surface area contributed by atoms with Crippen molar-refractivity contribution in [2.45, 2.75) is 10.6 Å². The van der Waals surface area contributed by atoms with Crippen molar-refractivity contribution in [1.29, 1.82) is 0 Å². The predicted molar refractivity (Wildman–Crippen MR) is 81.9 cm³/mol. The SMILES string of the molecule is NCCc1ccc(S(=O)(=O)Nc2cc(F)c(Br)cc2F)s1. The Kier molecular flexibility index (Phi) is 4.97. The molecule has 0 aliphatic carbocycles. The zero-order valence-electron chi connectivity index (χ0n) is 10.6. The van der Waals surface area contributed by atoms with E-state index in [1.807, 2.05) is 4.72 Å². The van der Waals surface area contributed by atoms with Crippen LogP contribution in [-0.2, 0) is 16.4 Å². The molecule has 0 fully saturated rings. The minimum Gasteiger partial charge on any atom is -0.330 e. The Labute approximate surface area is 133 Å². The molecule has 0 amide bonds. The van der Waals surface area contributed by atoms with Crippen molar-refractivity contribution in [2.75, 3.05) is 11.3 Å². The van der Waals surface area contributed by atoms with Gasteiger partial charge in [0.1, 0.15) is 15.8 Å². The summed E-state index contributed by atoms with van der Waals surface area (Å²) in [5.41, 5.74) is 4.96. The standard InChI is InChI=1S/C12H11BrF2N2O2S2/c13-8-5-10(15)11(6-9(8)14)17-21(18,19)12-2-1-7(20-12)3-4-16/h1-2,5-6,17H,3-4,16H2. The summed E-state index contributed by atoms with van der Waals surface area (Å²) < 4.78 is 53.3. The molecular weight excluding hydrogens is 386 g/mol. The number of halogens is 3. The number of nitrogens with one attached hydrogen (secondary N) is 1. The van der Waals surface area contributed by atoms with E-state index in [0.717, 1.165) is 28.3 Å². The van der Waals surface area contributed by atoms with Gasteiger partial charge in [-0.25, -0.2) is 17.2 Å². The molecule has 2 aromatic rings. The average Bonchev–Trinajstić information content (AvgIpc) is 2.86. The highest BCUT2D eigenvalue weighted by Gasteiger charge is 2.19. The average molecular weight is 397 g/mol. The molecule has 0 radical (unpaired) electrons. The van der Waals surface area contributed by atoms with E-state index in [2.05, 4.69) is 15.9 Å². The molecule has 1 heterocycles. The van der Waals surface area contributed by atoms with Gasteiger partial charge < -0.3 is 5.73 Å². The van der Waals surface area contributed by atoms with Gasteiger partial charge >= 0.3 is 0 Å². The Hall–Kier alpha value is -1.03. The molecule has 114 valence electrons. The molecule has 0 atom stereocenters. The van der Waals surface area contributed by atoms with Gasteiger partial charge in [0.2, 0.25) is 0 Å². The number of thiophene rings is 1. The van der Waals surface area contributed by atoms with E-state index in [1.54, 1.807) is 6.07 Å². The fraction of sp³-hybridized carbons (Fsp3) is 0.167. The second kappa shape index (κ2) is 6.39. The molecule has 0 bridgehead atoms. The van der Waals surface area contributed by atoms with Gasteiger partial charge in [-0.3, -0.25) is 4.72 Å². The van der Waals surface area contributed by atoms with E-state index in [0.29, 0.717) is 13.0 Å². The minimum atomic E-state index is -3.96. The van der Waals surface area contributed by atoms with Gasteiger partial charge in [-0.1, -0.05) is 0 Å². The second-order valence-corrected chi connectivity index (χ2v) is 8.04. The largest absolute Gasteiger partial charge is 0.330 e. The summed E-state index contributed by atoms with van der Waals surface area (Å²) in [6.07, 6.45) is 0.557. The zero-order valence-corrected chi connectivity index (χ0v) is 13.8. The van der Waals surface area contributed by atoms with Crippen molar-refractivity contribution >= 4 is 43.0 Å². The summed E-state index contributed by atoms with van der Waals surface area (Å²) in [7, 11) is -3.96. The van der Waals surface area contributed by atoms with Gasteiger partial charge in [-0.2, -0.15) is 0 Å². The Morgan fingerprint density at radius 2 is 1.95 bits per heavy atom. The number of benzene rings is 1. The number of rotatable bonds is 5. The summed E-state index contributed by atoms with van der Waals surface area (Å²) in [5.74, 6) is -1.63. The van der Waals surface area contributed by atoms with Gasteiger partial charge in [0.25, 0.3) is 10.0 Å². The van der Waals surface area contributed by atoms with E-state index in [1.165, 1.54) is 6.07 Å². The quantitative estimate of drug-likeness (QED) is 0.762. The lowest BCUT2D eigenvalue weighted by Crippen LogP contribution is -2.13. The van der Waals surface area contributed by atoms with Crippen molar-refractivity contribution < 1.29 is 17.2 Å². The van der Waals surface area contributed by atoms with Crippen molar-refractivity contribution in [3.63, 3.8) is 0 Å². The van der Waals surface area contributed by atoms with Crippen LogP contribution in [0.1, 0.15) is 4.88 Å². The van der Waals surface area contributed by atoms with Gasteiger partial charge in [-0.15, -0.1) is 11.3 Å². The first-order valence-corrected chi connectivity index (χ1v) is 8.89. The zero-order chi connectivity index (χ0) is 15.6. The Bertz CT molecular complexity index is 763. The van der Waals surface area contributed by atoms with Gasteiger partial charge in [-0.05, 0) is 47.1 Å². The Morgan fingerprint density at radius 3 is 2.62 bits per heavy atom. The Morgan fingerprint density at radius 1 is 1.24 bits per heavy atom. The highest BCUT2D eigenvalue weighted by Crippen LogP contribution is 2.28. The lowest BCUT2D eigenvalue weighted by atomic mass is 10.3. The van der Waals surface area contributed by atoms with E-state index >= 15 is 0 Å². The first kappa shape index (κ1) is 16.3. The third-order valence-corrected chi connectivity index (χ3v) is 6.16. The second-order valence-electron chi connectivity index (χ2n) is 4.11. The van der Waals surface area contributed by atoms with Crippen LogP contribution in [-0.4, -0.2) is 15.0 Å². The summed E-state index contributed by atoms with van der Waals surface area (Å²) in [6, 6.07) is 4.70. The molecule has 0 unspecified atom stereocenters. The maximum absolute atomic E-state index is 13.7. The van der Waals surface area contributed by atoms with Gasteiger partial charge in [0.15, 0.2) is 0 Å². The maximum atomic E-state index is 13.7. The topological polar surface area (TPSA) is 72.2 Å². The minimum absolute atomic E-state index is 0.0219. The van der Waals surface area contributed by atoms with Crippen molar-refractivity contribution in [2.24, 2.45) is 5.73 Å². The molecule has 2 rings (SSSR count). The molecule has 0 aliphatic rings. The highest BCUT2D eigenvalue weighted by molar-refractivity contribution is 9.10. The van der Waals surface area contributed by atoms with Crippen LogP contribution in [0.5, 0.6) is 0 Å². The molecule has 4 nitrogen and oxygen atoms in total. The number of anilines is 1. The third kappa shape index (κ3) is 3.79. The number of hydrogen-bond acceptors (Lipinski definition) is 4. The van der Waals surface area contributed by atoms with E-state index in [-0.39, 0.29) is 8.68 Å². The summed E-state index contributed by atoms with van der Waals surface area (Å²) in [6.45, 7) is 0.403. The van der Waals surface area contributed by atoms with Crippen LogP contribution < -0.4 is 10.5 Å². The molecule has 21 heavy (non-hydrogen) atoms. The molecule has 9 heteroatoms. The summed E-state index contributed by atoms with van der Waals surface area (Å²) in [5, 5.41) is 0. The molecule has 3 N–H and O–H groups in total. The Balaban J connectivity index is 2.30. The third-order valence-electron chi connectivity index (χ3n) is 2.55. The van der Waals surface area contributed by atoms with Gasteiger partial charge in [0.05, 0.1) is 10.2 Å². The van der Waals surface area contributed by atoms with Crippen LogP contribution in [0.2, 0.25) is 0 Å². The number of sulfonamides is 1. The van der Waals surface area contributed by atoms with E-state index in [9.17, 15) is 17.2 Å². The highest BCUT2D eigenvalue weighted by atomic mass is 79.9. The van der Waals surface area contributed by atoms with Crippen LogP contribution >= 0.6 is 27.3 Å². The van der Waals surface area contributed by atoms with Crippen molar-refractivity contribution in [3.05, 3.63) is 45.2 Å².